The second kappa shape index (κ2) is 10.7. The first-order valence-corrected chi connectivity index (χ1v) is 11.0. The number of benzene rings is 1. The molecule has 2 rings (SSSR count). The van der Waals surface area contributed by atoms with E-state index >= 15 is 0 Å². The fourth-order valence-electron chi connectivity index (χ4n) is 3.73. The zero-order chi connectivity index (χ0) is 23.2. The average molecular weight is 434 g/mol. The number of aryl methyl sites for hydroxylation is 1. The number of rotatable bonds is 7. The van der Waals surface area contributed by atoms with Crippen molar-refractivity contribution in [2.45, 2.75) is 40.2 Å². The first-order valence-electron chi connectivity index (χ1n) is 11.0. The molecule has 0 bridgehead atoms. The second-order valence-corrected chi connectivity index (χ2v) is 9.71. The van der Waals surface area contributed by atoms with Gasteiger partial charge in [-0.3, -0.25) is 14.4 Å². The molecule has 0 aliphatic carbocycles. The summed E-state index contributed by atoms with van der Waals surface area (Å²) in [6.07, 6.45) is 0. The molecule has 3 amide bonds. The summed E-state index contributed by atoms with van der Waals surface area (Å²) in [5, 5.41) is 5.94. The molecule has 1 aliphatic rings. The topological polar surface area (TPSA) is 87.4 Å². The van der Waals surface area contributed by atoms with Crippen LogP contribution in [0.2, 0.25) is 0 Å². The van der Waals surface area contributed by atoms with Gasteiger partial charge < -0.3 is 25.3 Å². The van der Waals surface area contributed by atoms with Crippen molar-refractivity contribution in [3.05, 3.63) is 29.3 Å². The van der Waals surface area contributed by atoms with E-state index in [-0.39, 0.29) is 36.3 Å². The number of piperazine rings is 1. The number of quaternary nitrogens is 2. The maximum absolute atomic E-state index is 12.6. The summed E-state index contributed by atoms with van der Waals surface area (Å²) in [7, 11) is 1.86. The van der Waals surface area contributed by atoms with Gasteiger partial charge in [0.1, 0.15) is 0 Å². The lowest BCUT2D eigenvalue weighted by atomic mass is 10.1. The highest BCUT2D eigenvalue weighted by molar-refractivity contribution is 5.92. The van der Waals surface area contributed by atoms with Gasteiger partial charge in [0.2, 0.25) is 0 Å². The van der Waals surface area contributed by atoms with Gasteiger partial charge in [-0.1, -0.05) is 12.1 Å². The van der Waals surface area contributed by atoms with Crippen LogP contribution in [0.4, 0.5) is 5.69 Å². The number of anilines is 1. The van der Waals surface area contributed by atoms with Gasteiger partial charge in [0.25, 0.3) is 17.7 Å². The molecule has 0 aromatic heterocycles. The summed E-state index contributed by atoms with van der Waals surface area (Å²) < 4.78 is 0. The number of amides is 3. The van der Waals surface area contributed by atoms with Gasteiger partial charge >= 0.3 is 0 Å². The van der Waals surface area contributed by atoms with Crippen LogP contribution in [0, 0.1) is 13.8 Å². The molecule has 1 aromatic rings. The summed E-state index contributed by atoms with van der Waals surface area (Å²) in [6.45, 7) is 13.6. The van der Waals surface area contributed by atoms with Crippen molar-refractivity contribution in [1.82, 2.24) is 10.2 Å². The van der Waals surface area contributed by atoms with Crippen molar-refractivity contribution in [2.75, 3.05) is 58.2 Å². The predicted octanol–water partition coefficient (Wildman–Crippen LogP) is -1.60. The lowest BCUT2D eigenvalue weighted by molar-refractivity contribution is -0.896. The van der Waals surface area contributed by atoms with E-state index < -0.39 is 0 Å². The van der Waals surface area contributed by atoms with Crippen molar-refractivity contribution in [1.29, 1.82) is 0 Å². The Kier molecular flexibility index (Phi) is 8.59. The maximum Gasteiger partial charge on any atom is 0.279 e. The Morgan fingerprint density at radius 2 is 1.71 bits per heavy atom. The lowest BCUT2D eigenvalue weighted by Gasteiger charge is -2.32. The number of carbonyl (C=O) groups is 3. The molecular formula is C23H39N5O3+2. The standard InChI is InChI=1S/C23H37N5O3/c1-17-8-7-9-19(18(17)2)24-20(29)14-26(6)16-22(31)28-12-10-27(11-13-28)15-21(30)25-23(3,4)5/h7-9H,10-16H2,1-6H3,(H,24,29)(H,25,30)/p+2. The van der Waals surface area contributed by atoms with E-state index in [2.05, 4.69) is 10.6 Å². The van der Waals surface area contributed by atoms with Gasteiger partial charge in [-0.15, -0.1) is 0 Å². The largest absolute Gasteiger partial charge is 0.347 e. The van der Waals surface area contributed by atoms with E-state index in [1.165, 1.54) is 4.90 Å². The SMILES string of the molecule is Cc1cccc(NC(=O)C[NH+](C)CC(=O)N2CC[NH+](CC(=O)NC(C)(C)C)CC2)c1C. The quantitative estimate of drug-likeness (QED) is 0.418. The molecule has 1 fully saturated rings. The minimum atomic E-state index is -0.230. The van der Waals surface area contributed by atoms with Crippen LogP contribution in [0.1, 0.15) is 31.9 Å². The van der Waals surface area contributed by atoms with Crippen LogP contribution in [0.3, 0.4) is 0 Å². The number of carbonyl (C=O) groups excluding carboxylic acids is 3. The Balaban J connectivity index is 1.74. The third-order valence-corrected chi connectivity index (χ3v) is 5.54. The van der Waals surface area contributed by atoms with Crippen LogP contribution in [0.15, 0.2) is 18.2 Å². The molecular weight excluding hydrogens is 394 g/mol. The van der Waals surface area contributed by atoms with Crippen molar-refractivity contribution in [3.63, 3.8) is 0 Å². The normalized spacial score (nSPS) is 16.0. The minimum Gasteiger partial charge on any atom is -0.347 e. The summed E-state index contributed by atoms with van der Waals surface area (Å²) in [4.78, 5) is 41.0. The van der Waals surface area contributed by atoms with E-state index in [4.69, 9.17) is 0 Å². The zero-order valence-corrected chi connectivity index (χ0v) is 19.9. The molecule has 1 aliphatic heterocycles. The van der Waals surface area contributed by atoms with Crippen molar-refractivity contribution in [2.24, 2.45) is 0 Å². The molecule has 0 spiro atoms. The number of nitrogens with zero attached hydrogens (tertiary/aromatic N) is 1. The lowest BCUT2D eigenvalue weighted by Crippen LogP contribution is -3.16. The predicted molar refractivity (Wildman–Crippen MR) is 121 cm³/mol. The molecule has 1 heterocycles. The summed E-state index contributed by atoms with van der Waals surface area (Å²) in [6, 6.07) is 5.83. The molecule has 1 unspecified atom stereocenters. The van der Waals surface area contributed by atoms with E-state index in [1.807, 2.05) is 64.8 Å². The average Bonchev–Trinajstić information content (AvgIpc) is 2.64. The van der Waals surface area contributed by atoms with Crippen LogP contribution in [-0.4, -0.2) is 81.0 Å². The molecule has 1 saturated heterocycles. The fourth-order valence-corrected chi connectivity index (χ4v) is 3.73. The number of nitrogens with one attached hydrogen (secondary N) is 4. The molecule has 172 valence electrons. The minimum absolute atomic E-state index is 0.0429. The Hall–Kier alpha value is -2.45. The van der Waals surface area contributed by atoms with Gasteiger partial charge in [-0.05, 0) is 51.8 Å². The van der Waals surface area contributed by atoms with Gasteiger partial charge in [0.05, 0.1) is 33.2 Å². The Labute approximate surface area is 185 Å². The second-order valence-electron chi connectivity index (χ2n) is 9.71. The van der Waals surface area contributed by atoms with Gasteiger partial charge in [-0.25, -0.2) is 0 Å². The van der Waals surface area contributed by atoms with E-state index in [9.17, 15) is 14.4 Å². The highest BCUT2D eigenvalue weighted by Crippen LogP contribution is 2.17. The first kappa shape index (κ1) is 24.8. The van der Waals surface area contributed by atoms with E-state index in [1.54, 1.807) is 0 Å². The van der Waals surface area contributed by atoms with E-state index in [0.29, 0.717) is 19.6 Å². The third kappa shape index (κ3) is 8.30. The van der Waals surface area contributed by atoms with Crippen LogP contribution in [0.5, 0.6) is 0 Å². The maximum atomic E-state index is 12.6. The summed E-state index contributed by atoms with van der Waals surface area (Å²) in [5.41, 5.74) is 2.78. The monoisotopic (exact) mass is 433 g/mol. The van der Waals surface area contributed by atoms with Gasteiger partial charge in [0.15, 0.2) is 19.6 Å². The van der Waals surface area contributed by atoms with Crippen LogP contribution in [-0.2, 0) is 14.4 Å². The molecule has 8 nitrogen and oxygen atoms in total. The van der Waals surface area contributed by atoms with Crippen molar-refractivity contribution in [3.8, 4) is 0 Å². The fraction of sp³-hybridized carbons (Fsp3) is 0.609. The molecule has 4 N–H and O–H groups in total. The third-order valence-electron chi connectivity index (χ3n) is 5.54. The zero-order valence-electron chi connectivity index (χ0n) is 19.9. The molecule has 1 atom stereocenters. The van der Waals surface area contributed by atoms with Crippen molar-refractivity contribution < 1.29 is 24.2 Å². The van der Waals surface area contributed by atoms with Crippen molar-refractivity contribution >= 4 is 23.4 Å². The highest BCUT2D eigenvalue weighted by Gasteiger charge is 2.28. The molecule has 0 radical (unpaired) electrons. The van der Waals surface area contributed by atoms with Crippen LogP contribution >= 0.6 is 0 Å². The highest BCUT2D eigenvalue weighted by atomic mass is 16.2. The number of hydrogen-bond donors (Lipinski definition) is 4. The van der Waals surface area contributed by atoms with Gasteiger partial charge in [0, 0.05) is 11.2 Å². The van der Waals surface area contributed by atoms with Gasteiger partial charge in [-0.2, -0.15) is 0 Å². The van der Waals surface area contributed by atoms with E-state index in [0.717, 1.165) is 34.8 Å². The smallest absolute Gasteiger partial charge is 0.279 e. The molecule has 31 heavy (non-hydrogen) atoms. The Morgan fingerprint density at radius 1 is 1.06 bits per heavy atom. The Bertz CT molecular complexity index is 795. The number of likely N-dealkylation sites (N-methyl/N-ethyl adjacent to an activating group) is 1. The first-order chi connectivity index (χ1) is 14.4. The summed E-state index contributed by atoms with van der Waals surface area (Å²) in [5.74, 6) is -0.00494. The molecule has 8 heteroatoms. The molecule has 0 saturated carbocycles. The van der Waals surface area contributed by atoms with Crippen LogP contribution in [0.25, 0.3) is 0 Å². The Morgan fingerprint density at radius 3 is 2.32 bits per heavy atom. The van der Waals surface area contributed by atoms with Crippen LogP contribution < -0.4 is 20.4 Å². The number of hydrogen-bond acceptors (Lipinski definition) is 3. The summed E-state index contributed by atoms with van der Waals surface area (Å²) >= 11 is 0. The molecule has 1 aromatic carbocycles.